The molecule has 1 aliphatic rings. The maximum absolute atomic E-state index is 13.3. The number of fused-ring (bicyclic) bond motifs is 1. The molecule has 0 aliphatic carbocycles. The summed E-state index contributed by atoms with van der Waals surface area (Å²) in [6.45, 7) is 7.18. The van der Waals surface area contributed by atoms with Crippen LogP contribution in [-0.2, 0) is 13.2 Å². The van der Waals surface area contributed by atoms with Crippen LogP contribution in [0.4, 0.5) is 14.6 Å². The normalized spacial score (nSPS) is 15.8. The lowest BCUT2D eigenvalue weighted by molar-refractivity contribution is 0.290. The zero-order valence-corrected chi connectivity index (χ0v) is 14.6. The van der Waals surface area contributed by atoms with Gasteiger partial charge < -0.3 is 9.64 Å². The molecule has 2 aromatic rings. The van der Waals surface area contributed by atoms with Crippen molar-refractivity contribution in [1.29, 1.82) is 0 Å². The van der Waals surface area contributed by atoms with Gasteiger partial charge in [0.2, 0.25) is 5.88 Å². The molecule has 0 amide bonds. The Balaban J connectivity index is 1.82. The van der Waals surface area contributed by atoms with E-state index in [0.29, 0.717) is 12.1 Å². The number of rotatable bonds is 7. The first-order chi connectivity index (χ1) is 12.5. The number of anilines is 1. The Bertz CT molecular complexity index is 866. The fourth-order valence-electron chi connectivity index (χ4n) is 3.12. The number of hydrogen-bond donors (Lipinski definition) is 0. The summed E-state index contributed by atoms with van der Waals surface area (Å²) in [6.07, 6.45) is 3.55. The van der Waals surface area contributed by atoms with Crippen molar-refractivity contribution >= 4 is 5.82 Å². The predicted octanol–water partition coefficient (Wildman–Crippen LogP) is 3.28. The molecule has 1 atom stereocenters. The lowest BCUT2D eigenvalue weighted by Gasteiger charge is -2.24. The first-order valence-electron chi connectivity index (χ1n) is 8.59. The van der Waals surface area contributed by atoms with Crippen molar-refractivity contribution in [2.75, 3.05) is 11.4 Å². The minimum Gasteiger partial charge on any atom is -0.473 e. The number of ether oxygens (including phenoxy) is 1. The smallest absolute Gasteiger partial charge is 0.352 e. The van der Waals surface area contributed by atoms with Crippen LogP contribution in [-0.4, -0.2) is 22.1 Å². The Hall–Kier alpha value is -2.70. The second-order valence-corrected chi connectivity index (χ2v) is 6.22. The molecule has 1 aromatic carbocycles. The average Bonchev–Trinajstić information content (AvgIpc) is 2.99. The fourth-order valence-corrected chi connectivity index (χ4v) is 3.12. The van der Waals surface area contributed by atoms with Gasteiger partial charge >= 0.3 is 5.69 Å². The second kappa shape index (κ2) is 7.68. The summed E-state index contributed by atoms with van der Waals surface area (Å²) >= 11 is 0. The van der Waals surface area contributed by atoms with Crippen molar-refractivity contribution in [3.63, 3.8) is 0 Å². The molecule has 0 radical (unpaired) electrons. The molecular formula is C19H21F2N3O2. The minimum absolute atomic E-state index is 0.00302. The highest BCUT2D eigenvalue weighted by atomic mass is 19.2. The largest absolute Gasteiger partial charge is 0.473 e. The standard InChI is InChI=1S/C19H21F2N3O2/c1-3-5-8-23-14(4-2)11-24-18(23)10-17(22-19(24)25)26-12-13-6-7-15(20)16(21)9-13/h3,6-7,9-10,14H,1,4-5,8,11-12H2,2H3. The van der Waals surface area contributed by atoms with Gasteiger partial charge in [0.25, 0.3) is 0 Å². The molecule has 138 valence electrons. The maximum atomic E-state index is 13.3. The van der Waals surface area contributed by atoms with E-state index in [1.54, 1.807) is 10.6 Å². The third-order valence-electron chi connectivity index (χ3n) is 4.51. The SMILES string of the molecule is C=CCCN1c2cc(OCc3ccc(F)c(F)c3)nc(=O)n2CC1CC. The molecule has 3 rings (SSSR count). The van der Waals surface area contributed by atoms with Gasteiger partial charge in [-0.1, -0.05) is 19.1 Å². The van der Waals surface area contributed by atoms with Crippen LogP contribution in [0, 0.1) is 11.6 Å². The average molecular weight is 361 g/mol. The molecule has 2 heterocycles. The summed E-state index contributed by atoms with van der Waals surface area (Å²) < 4.78 is 33.5. The molecule has 0 saturated heterocycles. The van der Waals surface area contributed by atoms with Gasteiger partial charge in [0.05, 0.1) is 0 Å². The molecule has 0 N–H and O–H groups in total. The summed E-state index contributed by atoms with van der Waals surface area (Å²) in [6, 6.07) is 5.49. The van der Waals surface area contributed by atoms with Crippen LogP contribution in [0.15, 0.2) is 41.7 Å². The van der Waals surface area contributed by atoms with Crippen molar-refractivity contribution < 1.29 is 13.5 Å². The monoisotopic (exact) mass is 361 g/mol. The first kappa shape index (κ1) is 18.1. The third kappa shape index (κ3) is 3.61. The van der Waals surface area contributed by atoms with Crippen LogP contribution in [0.25, 0.3) is 0 Å². The van der Waals surface area contributed by atoms with E-state index in [1.807, 2.05) is 6.08 Å². The van der Waals surface area contributed by atoms with E-state index in [4.69, 9.17) is 4.74 Å². The Labute approximate surface area is 150 Å². The fraction of sp³-hybridized carbons (Fsp3) is 0.368. The highest BCUT2D eigenvalue weighted by Crippen LogP contribution is 2.28. The van der Waals surface area contributed by atoms with E-state index >= 15 is 0 Å². The zero-order chi connectivity index (χ0) is 18.7. The Morgan fingerprint density at radius 3 is 2.85 bits per heavy atom. The molecule has 0 spiro atoms. The van der Waals surface area contributed by atoms with Gasteiger partial charge in [-0.05, 0) is 30.5 Å². The molecule has 5 nitrogen and oxygen atoms in total. The van der Waals surface area contributed by atoms with Crippen LogP contribution < -0.4 is 15.3 Å². The van der Waals surface area contributed by atoms with Crippen LogP contribution in [0.5, 0.6) is 5.88 Å². The molecule has 0 bridgehead atoms. The molecule has 0 fully saturated rings. The number of benzene rings is 1. The van der Waals surface area contributed by atoms with Gasteiger partial charge in [-0.15, -0.1) is 6.58 Å². The van der Waals surface area contributed by atoms with Crippen LogP contribution >= 0.6 is 0 Å². The number of nitrogens with zero attached hydrogens (tertiary/aromatic N) is 3. The summed E-state index contributed by atoms with van der Waals surface area (Å²) in [5.41, 5.74) is 0.0867. The predicted molar refractivity (Wildman–Crippen MR) is 95.4 cm³/mol. The van der Waals surface area contributed by atoms with E-state index in [1.165, 1.54) is 6.07 Å². The van der Waals surface area contributed by atoms with Crippen molar-refractivity contribution in [1.82, 2.24) is 9.55 Å². The lowest BCUT2D eigenvalue weighted by atomic mass is 10.2. The summed E-state index contributed by atoms with van der Waals surface area (Å²) in [7, 11) is 0. The Kier molecular flexibility index (Phi) is 5.35. The molecule has 0 saturated carbocycles. The van der Waals surface area contributed by atoms with Crippen molar-refractivity contribution in [2.45, 2.75) is 39.0 Å². The van der Waals surface area contributed by atoms with Gasteiger partial charge in [-0.2, -0.15) is 4.98 Å². The highest BCUT2D eigenvalue weighted by molar-refractivity contribution is 5.47. The molecule has 7 heteroatoms. The van der Waals surface area contributed by atoms with E-state index in [0.717, 1.165) is 37.3 Å². The van der Waals surface area contributed by atoms with E-state index in [9.17, 15) is 13.6 Å². The second-order valence-electron chi connectivity index (χ2n) is 6.22. The van der Waals surface area contributed by atoms with E-state index in [-0.39, 0.29) is 24.2 Å². The summed E-state index contributed by atoms with van der Waals surface area (Å²) in [4.78, 5) is 18.5. The Morgan fingerprint density at radius 2 is 2.15 bits per heavy atom. The van der Waals surface area contributed by atoms with Crippen molar-refractivity contribution in [3.8, 4) is 5.88 Å². The van der Waals surface area contributed by atoms with Gasteiger partial charge in [0.1, 0.15) is 12.4 Å². The van der Waals surface area contributed by atoms with Gasteiger partial charge in [-0.25, -0.2) is 13.6 Å². The molecule has 1 unspecified atom stereocenters. The van der Waals surface area contributed by atoms with Crippen LogP contribution in [0.1, 0.15) is 25.3 Å². The molecule has 1 aliphatic heterocycles. The van der Waals surface area contributed by atoms with Gasteiger partial charge in [-0.3, -0.25) is 4.57 Å². The van der Waals surface area contributed by atoms with Crippen molar-refractivity contribution in [3.05, 3.63) is 64.6 Å². The van der Waals surface area contributed by atoms with E-state index in [2.05, 4.69) is 23.4 Å². The minimum atomic E-state index is -0.936. The quantitative estimate of drug-likeness (QED) is 0.710. The maximum Gasteiger partial charge on any atom is 0.352 e. The van der Waals surface area contributed by atoms with Gasteiger partial charge in [0.15, 0.2) is 11.6 Å². The van der Waals surface area contributed by atoms with Crippen LogP contribution in [0.2, 0.25) is 0 Å². The number of aromatic nitrogens is 2. The number of halogens is 2. The molecule has 26 heavy (non-hydrogen) atoms. The zero-order valence-electron chi connectivity index (χ0n) is 14.6. The summed E-state index contributed by atoms with van der Waals surface area (Å²) in [5, 5.41) is 0. The first-order valence-corrected chi connectivity index (χ1v) is 8.59. The molecular weight excluding hydrogens is 340 g/mol. The number of hydrogen-bond acceptors (Lipinski definition) is 4. The van der Waals surface area contributed by atoms with Gasteiger partial charge in [0, 0.05) is 25.2 Å². The van der Waals surface area contributed by atoms with Crippen molar-refractivity contribution in [2.24, 2.45) is 0 Å². The lowest BCUT2D eigenvalue weighted by Crippen LogP contribution is -2.32. The Morgan fingerprint density at radius 1 is 1.35 bits per heavy atom. The summed E-state index contributed by atoms with van der Waals surface area (Å²) in [5.74, 6) is -0.911. The molecule has 1 aromatic heterocycles. The third-order valence-corrected chi connectivity index (χ3v) is 4.51. The highest BCUT2D eigenvalue weighted by Gasteiger charge is 2.29. The van der Waals surface area contributed by atoms with E-state index < -0.39 is 11.6 Å². The van der Waals surface area contributed by atoms with Crippen LogP contribution in [0.3, 0.4) is 0 Å². The topological polar surface area (TPSA) is 47.4 Å².